The van der Waals surface area contributed by atoms with Gasteiger partial charge in [0.05, 0.1) is 12.0 Å². The van der Waals surface area contributed by atoms with E-state index in [0.717, 1.165) is 57.0 Å². The lowest BCUT2D eigenvalue weighted by Gasteiger charge is -2.38. The summed E-state index contributed by atoms with van der Waals surface area (Å²) in [6, 6.07) is 2.27. The molecule has 2 aromatic rings. The summed E-state index contributed by atoms with van der Waals surface area (Å²) in [7, 11) is 0. The van der Waals surface area contributed by atoms with Crippen LogP contribution in [0.4, 0.5) is 5.13 Å². The van der Waals surface area contributed by atoms with Gasteiger partial charge >= 0.3 is 0 Å². The van der Waals surface area contributed by atoms with Crippen LogP contribution in [0, 0.1) is 5.92 Å². The van der Waals surface area contributed by atoms with Gasteiger partial charge in [0.25, 0.3) is 0 Å². The lowest BCUT2D eigenvalue weighted by atomic mass is 9.95. The number of hydrogen-bond donors (Lipinski definition) is 0. The normalized spacial score (nSPS) is 25.0. The quantitative estimate of drug-likeness (QED) is 0.857. The number of carbonyl (C=O) groups is 1. The molecule has 0 radical (unpaired) electrons. The Morgan fingerprint density at radius 3 is 2.88 bits per heavy atom. The first-order chi connectivity index (χ1) is 11.8. The predicted molar refractivity (Wildman–Crippen MR) is 94.1 cm³/mol. The maximum Gasteiger partial charge on any atom is 0.227 e. The second kappa shape index (κ2) is 6.93. The molecule has 2 aliphatic rings. The average Bonchev–Trinajstić information content (AvgIpc) is 3.35. The summed E-state index contributed by atoms with van der Waals surface area (Å²) < 4.78 is 2.00. The van der Waals surface area contributed by atoms with Crippen molar-refractivity contribution in [2.75, 3.05) is 31.1 Å². The third-order valence-electron chi connectivity index (χ3n) is 5.07. The molecule has 4 rings (SSSR count). The van der Waals surface area contributed by atoms with Crippen LogP contribution in [0.25, 0.3) is 0 Å². The number of thiazole rings is 1. The summed E-state index contributed by atoms with van der Waals surface area (Å²) in [6.07, 6.45) is 9.86. The van der Waals surface area contributed by atoms with E-state index in [-0.39, 0.29) is 5.92 Å². The minimum absolute atomic E-state index is 0.0963. The number of hydrogen-bond acceptors (Lipinski definition) is 5. The lowest BCUT2D eigenvalue weighted by Crippen LogP contribution is -2.48. The molecular weight excluding hydrogens is 322 g/mol. The van der Waals surface area contributed by atoms with Crippen LogP contribution in [0.15, 0.2) is 30.0 Å². The molecule has 0 bridgehead atoms. The van der Waals surface area contributed by atoms with Crippen LogP contribution in [0.1, 0.15) is 31.7 Å². The van der Waals surface area contributed by atoms with E-state index in [1.54, 1.807) is 11.3 Å². The van der Waals surface area contributed by atoms with Crippen LogP contribution in [0.2, 0.25) is 0 Å². The van der Waals surface area contributed by atoms with E-state index in [2.05, 4.69) is 19.9 Å². The molecule has 24 heavy (non-hydrogen) atoms. The number of rotatable bonds is 3. The van der Waals surface area contributed by atoms with Gasteiger partial charge < -0.3 is 9.80 Å². The number of likely N-dealkylation sites (tertiary alicyclic amines) is 1. The molecule has 4 heterocycles. The summed E-state index contributed by atoms with van der Waals surface area (Å²) in [5.74, 6) is 0.409. The summed E-state index contributed by atoms with van der Waals surface area (Å²) in [4.78, 5) is 21.8. The molecule has 1 amide bonds. The third-order valence-corrected chi connectivity index (χ3v) is 5.90. The fourth-order valence-corrected chi connectivity index (χ4v) is 4.53. The van der Waals surface area contributed by atoms with Crippen molar-refractivity contribution in [3.63, 3.8) is 0 Å². The predicted octanol–water partition coefficient (Wildman–Crippen LogP) is 2.42. The molecule has 0 saturated carbocycles. The molecule has 0 aliphatic carbocycles. The maximum atomic E-state index is 13.0. The van der Waals surface area contributed by atoms with Gasteiger partial charge in [-0.2, -0.15) is 5.10 Å². The smallest absolute Gasteiger partial charge is 0.227 e. The highest BCUT2D eigenvalue weighted by Crippen LogP contribution is 2.28. The van der Waals surface area contributed by atoms with E-state index in [9.17, 15) is 4.79 Å². The highest BCUT2D eigenvalue weighted by Gasteiger charge is 2.33. The van der Waals surface area contributed by atoms with E-state index >= 15 is 0 Å². The van der Waals surface area contributed by atoms with Crippen LogP contribution in [0.5, 0.6) is 0 Å². The lowest BCUT2D eigenvalue weighted by molar-refractivity contribution is -0.137. The molecule has 0 aromatic carbocycles. The van der Waals surface area contributed by atoms with Crippen LogP contribution in [-0.2, 0) is 4.79 Å². The first kappa shape index (κ1) is 15.6. The zero-order valence-electron chi connectivity index (χ0n) is 13.8. The molecule has 128 valence electrons. The van der Waals surface area contributed by atoms with Gasteiger partial charge in [0, 0.05) is 50.1 Å². The highest BCUT2D eigenvalue weighted by molar-refractivity contribution is 7.13. The first-order valence-corrected chi connectivity index (χ1v) is 9.61. The monoisotopic (exact) mass is 345 g/mol. The largest absolute Gasteiger partial charge is 0.347 e. The summed E-state index contributed by atoms with van der Waals surface area (Å²) in [5.41, 5.74) is 0. The van der Waals surface area contributed by atoms with E-state index in [4.69, 9.17) is 0 Å². The topological polar surface area (TPSA) is 54.3 Å². The second-order valence-electron chi connectivity index (χ2n) is 6.67. The minimum Gasteiger partial charge on any atom is -0.347 e. The van der Waals surface area contributed by atoms with Gasteiger partial charge in [-0.25, -0.2) is 4.98 Å². The van der Waals surface area contributed by atoms with Gasteiger partial charge in [-0.05, 0) is 31.7 Å². The fourth-order valence-electron chi connectivity index (χ4n) is 3.85. The Morgan fingerprint density at radius 2 is 2.08 bits per heavy atom. The Hall–Kier alpha value is -1.89. The van der Waals surface area contributed by atoms with Gasteiger partial charge in [-0.3, -0.25) is 9.48 Å². The fraction of sp³-hybridized carbons (Fsp3) is 0.588. The number of carbonyl (C=O) groups excluding carboxylic acids is 1. The summed E-state index contributed by atoms with van der Waals surface area (Å²) in [5, 5.41) is 7.40. The van der Waals surface area contributed by atoms with Crippen LogP contribution in [0.3, 0.4) is 0 Å². The molecule has 2 aromatic heterocycles. The SMILES string of the molecule is O=C([C@H]1CCCN(c2nccs2)C1)N1CCC[C@@H](n2cccn2)C1. The van der Waals surface area contributed by atoms with E-state index in [1.165, 1.54) is 0 Å². The minimum atomic E-state index is 0.0963. The van der Waals surface area contributed by atoms with Crippen molar-refractivity contribution >= 4 is 22.4 Å². The van der Waals surface area contributed by atoms with E-state index < -0.39 is 0 Å². The van der Waals surface area contributed by atoms with Crippen molar-refractivity contribution in [1.29, 1.82) is 0 Å². The zero-order chi connectivity index (χ0) is 16.4. The number of anilines is 1. The van der Waals surface area contributed by atoms with Gasteiger partial charge in [0.15, 0.2) is 5.13 Å². The zero-order valence-corrected chi connectivity index (χ0v) is 14.6. The van der Waals surface area contributed by atoms with Crippen molar-refractivity contribution in [2.45, 2.75) is 31.7 Å². The summed E-state index contributed by atoms with van der Waals surface area (Å²) >= 11 is 1.66. The third kappa shape index (κ3) is 3.17. The number of nitrogens with zero attached hydrogens (tertiary/aromatic N) is 5. The van der Waals surface area contributed by atoms with Gasteiger partial charge in [-0.15, -0.1) is 11.3 Å². The Bertz CT molecular complexity index is 600. The van der Waals surface area contributed by atoms with Crippen molar-refractivity contribution in [3.05, 3.63) is 30.0 Å². The molecule has 2 atom stereocenters. The molecule has 7 heteroatoms. The molecule has 2 fully saturated rings. The van der Waals surface area contributed by atoms with Crippen molar-refractivity contribution in [1.82, 2.24) is 19.7 Å². The molecule has 2 saturated heterocycles. The summed E-state index contributed by atoms with van der Waals surface area (Å²) in [6.45, 7) is 3.47. The van der Waals surface area contributed by atoms with Crippen molar-refractivity contribution in [2.24, 2.45) is 5.92 Å². The number of piperidine rings is 2. The van der Waals surface area contributed by atoms with Crippen molar-refractivity contribution < 1.29 is 4.79 Å². The van der Waals surface area contributed by atoms with Crippen LogP contribution < -0.4 is 4.90 Å². The van der Waals surface area contributed by atoms with Crippen LogP contribution in [-0.4, -0.2) is 51.8 Å². The van der Waals surface area contributed by atoms with Crippen LogP contribution >= 0.6 is 11.3 Å². The Morgan fingerprint density at radius 1 is 1.17 bits per heavy atom. The average molecular weight is 345 g/mol. The first-order valence-electron chi connectivity index (χ1n) is 8.73. The van der Waals surface area contributed by atoms with Gasteiger partial charge in [0.1, 0.15) is 0 Å². The highest BCUT2D eigenvalue weighted by atomic mass is 32.1. The molecular formula is C17H23N5OS. The van der Waals surface area contributed by atoms with Gasteiger partial charge in [0.2, 0.25) is 5.91 Å². The Labute approximate surface area is 146 Å². The van der Waals surface area contributed by atoms with E-state index in [1.807, 2.05) is 34.7 Å². The Kier molecular flexibility index (Phi) is 4.51. The Balaban J connectivity index is 1.41. The second-order valence-corrected chi connectivity index (χ2v) is 7.54. The van der Waals surface area contributed by atoms with Gasteiger partial charge in [-0.1, -0.05) is 0 Å². The number of aromatic nitrogens is 3. The molecule has 6 nitrogen and oxygen atoms in total. The van der Waals surface area contributed by atoms with E-state index in [0.29, 0.717) is 11.9 Å². The molecule has 0 unspecified atom stereocenters. The molecule has 0 N–H and O–H groups in total. The number of amides is 1. The molecule has 2 aliphatic heterocycles. The van der Waals surface area contributed by atoms with Crippen molar-refractivity contribution in [3.8, 4) is 0 Å². The molecule has 0 spiro atoms. The standard InChI is InChI=1S/C17H23N5OS/c23-16(14-4-1-9-21(12-14)17-18-7-11-24-17)20-8-2-5-15(13-20)22-10-3-6-19-22/h3,6-7,10-11,14-15H,1-2,4-5,8-9,12-13H2/t14-,15+/m0/s1. The maximum absolute atomic E-state index is 13.0.